The van der Waals surface area contributed by atoms with Gasteiger partial charge >= 0.3 is 0 Å². The first-order valence-corrected chi connectivity index (χ1v) is 9.73. The first-order chi connectivity index (χ1) is 11.6. The van der Waals surface area contributed by atoms with Crippen LogP contribution in [0.2, 0.25) is 0 Å². The number of nitrogens with one attached hydrogen (secondary N) is 2. The van der Waals surface area contributed by atoms with Gasteiger partial charge in [0.25, 0.3) is 0 Å². The molecule has 2 atom stereocenters. The van der Waals surface area contributed by atoms with Crippen LogP contribution >= 0.6 is 11.3 Å². The second kappa shape index (κ2) is 9.67. The van der Waals surface area contributed by atoms with E-state index < -0.39 is 0 Å². The van der Waals surface area contributed by atoms with Gasteiger partial charge in [-0.2, -0.15) is 0 Å². The molecular weight excluding hydrogens is 320 g/mol. The van der Waals surface area contributed by atoms with Gasteiger partial charge in [0.2, 0.25) is 5.91 Å². The van der Waals surface area contributed by atoms with Crippen molar-refractivity contribution in [1.29, 1.82) is 0 Å². The van der Waals surface area contributed by atoms with E-state index in [1.807, 2.05) is 4.90 Å². The zero-order valence-electron chi connectivity index (χ0n) is 15.0. The molecule has 0 bridgehead atoms. The van der Waals surface area contributed by atoms with E-state index in [0.717, 1.165) is 32.0 Å². The van der Waals surface area contributed by atoms with E-state index in [1.165, 1.54) is 11.3 Å². The van der Waals surface area contributed by atoms with E-state index in [1.54, 1.807) is 18.4 Å². The van der Waals surface area contributed by atoms with Gasteiger partial charge in [0.05, 0.1) is 0 Å². The summed E-state index contributed by atoms with van der Waals surface area (Å²) in [4.78, 5) is 19.9. The molecule has 1 aromatic heterocycles. The molecule has 0 aliphatic carbocycles. The van der Waals surface area contributed by atoms with Gasteiger partial charge in [0, 0.05) is 50.4 Å². The number of guanidine groups is 1. The number of amides is 1. The van der Waals surface area contributed by atoms with Crippen molar-refractivity contribution in [3.63, 3.8) is 0 Å². The fraction of sp³-hybridized carbons (Fsp3) is 0.667. The van der Waals surface area contributed by atoms with Crippen LogP contribution in [0.15, 0.2) is 22.5 Å². The Labute approximate surface area is 149 Å². The minimum absolute atomic E-state index is 0.247. The van der Waals surface area contributed by atoms with Crippen molar-refractivity contribution in [3.8, 4) is 0 Å². The quantitative estimate of drug-likeness (QED) is 0.613. The number of piperidine rings is 1. The molecule has 2 N–H and O–H groups in total. The number of hydrogen-bond acceptors (Lipinski definition) is 3. The Morgan fingerprint density at radius 2 is 2.33 bits per heavy atom. The van der Waals surface area contributed by atoms with Gasteiger partial charge in [-0.15, -0.1) is 11.3 Å². The van der Waals surface area contributed by atoms with Crippen molar-refractivity contribution in [1.82, 2.24) is 15.5 Å². The van der Waals surface area contributed by atoms with E-state index in [9.17, 15) is 4.79 Å². The lowest BCUT2D eigenvalue weighted by molar-refractivity contribution is -0.132. The Morgan fingerprint density at radius 3 is 3.00 bits per heavy atom. The zero-order valence-corrected chi connectivity index (χ0v) is 15.9. The van der Waals surface area contributed by atoms with E-state index in [4.69, 9.17) is 0 Å². The molecule has 0 aromatic carbocycles. The molecule has 0 spiro atoms. The Bertz CT molecular complexity index is 529. The topological polar surface area (TPSA) is 56.7 Å². The van der Waals surface area contributed by atoms with Crippen molar-refractivity contribution in [2.45, 2.75) is 39.0 Å². The number of carbonyl (C=O) groups excluding carboxylic acids is 1. The number of nitrogens with zero attached hydrogens (tertiary/aromatic N) is 2. The van der Waals surface area contributed by atoms with E-state index in [-0.39, 0.29) is 5.91 Å². The average molecular weight is 351 g/mol. The van der Waals surface area contributed by atoms with Crippen molar-refractivity contribution in [3.05, 3.63) is 22.4 Å². The lowest BCUT2D eigenvalue weighted by atomic mass is 10.00. The second-order valence-corrected chi connectivity index (χ2v) is 7.61. The van der Waals surface area contributed by atoms with Gasteiger partial charge in [-0.25, -0.2) is 0 Å². The summed E-state index contributed by atoms with van der Waals surface area (Å²) in [7, 11) is 1.76. The Kier molecular flexibility index (Phi) is 7.56. The molecule has 1 amide bonds. The Hall–Kier alpha value is -1.56. The van der Waals surface area contributed by atoms with Gasteiger partial charge in [0.1, 0.15) is 0 Å². The molecule has 24 heavy (non-hydrogen) atoms. The van der Waals surface area contributed by atoms with Crippen LogP contribution in [0.3, 0.4) is 0 Å². The summed E-state index contributed by atoms with van der Waals surface area (Å²) < 4.78 is 0. The molecule has 5 nitrogen and oxygen atoms in total. The highest BCUT2D eigenvalue weighted by Gasteiger charge is 2.20. The highest BCUT2D eigenvalue weighted by atomic mass is 32.1. The fourth-order valence-electron chi connectivity index (χ4n) is 3.00. The number of hydrogen-bond donors (Lipinski definition) is 2. The van der Waals surface area contributed by atoms with Crippen molar-refractivity contribution in [2.75, 3.05) is 33.2 Å². The molecule has 1 aromatic rings. The highest BCUT2D eigenvalue weighted by Crippen LogP contribution is 2.19. The molecule has 1 fully saturated rings. The van der Waals surface area contributed by atoms with E-state index in [2.05, 4.69) is 47.0 Å². The number of thiophene rings is 1. The van der Waals surface area contributed by atoms with Gasteiger partial charge < -0.3 is 15.5 Å². The third-order valence-corrected chi connectivity index (χ3v) is 5.57. The summed E-state index contributed by atoms with van der Waals surface area (Å²) in [5.74, 6) is 2.08. The van der Waals surface area contributed by atoms with Gasteiger partial charge in [-0.05, 0) is 30.2 Å². The van der Waals surface area contributed by atoms with Crippen LogP contribution in [0.4, 0.5) is 0 Å². The summed E-state index contributed by atoms with van der Waals surface area (Å²) >= 11 is 1.78. The number of rotatable bonds is 6. The molecule has 134 valence electrons. The summed E-state index contributed by atoms with van der Waals surface area (Å²) in [5.41, 5.74) is 0. The predicted molar refractivity (Wildman–Crippen MR) is 102 cm³/mol. The van der Waals surface area contributed by atoms with Crippen LogP contribution in [0.1, 0.15) is 43.9 Å². The van der Waals surface area contributed by atoms with Gasteiger partial charge in [-0.3, -0.25) is 9.79 Å². The fourth-order valence-corrected chi connectivity index (χ4v) is 3.79. The molecule has 1 aliphatic heterocycles. The maximum absolute atomic E-state index is 12.3. The van der Waals surface area contributed by atoms with Gasteiger partial charge in [-0.1, -0.05) is 19.9 Å². The number of aliphatic imine (C=N–C) groups is 1. The second-order valence-electron chi connectivity index (χ2n) is 6.63. The lowest BCUT2D eigenvalue weighted by Crippen LogP contribution is -2.43. The molecule has 1 saturated heterocycles. The first-order valence-electron chi connectivity index (χ1n) is 8.85. The Balaban J connectivity index is 1.67. The summed E-state index contributed by atoms with van der Waals surface area (Å²) in [6, 6.07) is 4.24. The van der Waals surface area contributed by atoms with Crippen LogP contribution in [0.5, 0.6) is 0 Å². The van der Waals surface area contributed by atoms with E-state index in [0.29, 0.717) is 24.8 Å². The molecule has 6 heteroatoms. The molecular formula is C18H30N4OS. The maximum atomic E-state index is 12.3. The smallest absolute Gasteiger partial charge is 0.224 e. The molecule has 1 aliphatic rings. The van der Waals surface area contributed by atoms with Crippen molar-refractivity contribution in [2.24, 2.45) is 10.9 Å². The van der Waals surface area contributed by atoms with Crippen LogP contribution in [0.25, 0.3) is 0 Å². The lowest BCUT2D eigenvalue weighted by Gasteiger charge is -2.31. The summed E-state index contributed by atoms with van der Waals surface area (Å²) in [5, 5.41) is 8.69. The molecule has 2 heterocycles. The zero-order chi connectivity index (χ0) is 17.4. The maximum Gasteiger partial charge on any atom is 0.224 e. The van der Waals surface area contributed by atoms with Crippen molar-refractivity contribution >= 4 is 23.2 Å². The Morgan fingerprint density at radius 1 is 1.50 bits per heavy atom. The molecule has 0 radical (unpaired) electrons. The standard InChI is InChI=1S/C18H30N4OS/c1-14-6-4-10-22(13-14)17(23)8-9-20-18(19-3)21-12-15(2)16-7-5-11-24-16/h5,7,11,14-15H,4,6,8-10,12-13H2,1-3H3,(H2,19,20,21). The normalized spacial score (nSPS) is 19.9. The van der Waals surface area contributed by atoms with Crippen molar-refractivity contribution < 1.29 is 4.79 Å². The average Bonchev–Trinajstić information content (AvgIpc) is 3.12. The largest absolute Gasteiger partial charge is 0.356 e. The highest BCUT2D eigenvalue weighted by molar-refractivity contribution is 7.10. The van der Waals surface area contributed by atoms with E-state index >= 15 is 0 Å². The first kappa shape index (κ1) is 18.8. The molecule has 2 unspecified atom stereocenters. The third kappa shape index (κ3) is 5.82. The minimum Gasteiger partial charge on any atom is -0.356 e. The summed E-state index contributed by atoms with van der Waals surface area (Å²) in [6.45, 7) is 7.69. The number of carbonyl (C=O) groups is 1. The van der Waals surface area contributed by atoms with Crippen LogP contribution in [-0.2, 0) is 4.79 Å². The predicted octanol–water partition coefficient (Wildman–Crippen LogP) is 2.67. The van der Waals surface area contributed by atoms with Crippen LogP contribution in [-0.4, -0.2) is 50.0 Å². The third-order valence-electron chi connectivity index (χ3n) is 4.47. The van der Waals surface area contributed by atoms with Gasteiger partial charge in [0.15, 0.2) is 5.96 Å². The minimum atomic E-state index is 0.247. The molecule has 2 rings (SSSR count). The van der Waals surface area contributed by atoms with Crippen LogP contribution < -0.4 is 10.6 Å². The number of likely N-dealkylation sites (tertiary alicyclic amines) is 1. The van der Waals surface area contributed by atoms with Crippen LogP contribution in [0, 0.1) is 5.92 Å². The molecule has 0 saturated carbocycles. The monoisotopic (exact) mass is 350 g/mol. The SMILES string of the molecule is CN=C(NCCC(=O)N1CCCC(C)C1)NCC(C)c1cccs1. The summed E-state index contributed by atoms with van der Waals surface area (Å²) in [6.07, 6.45) is 2.89.